The van der Waals surface area contributed by atoms with E-state index in [0.29, 0.717) is 0 Å². The van der Waals surface area contributed by atoms with Gasteiger partial charge in [-0.25, -0.2) is 4.39 Å². The van der Waals surface area contributed by atoms with Crippen molar-refractivity contribution in [2.75, 3.05) is 18.2 Å². The van der Waals surface area contributed by atoms with Crippen molar-refractivity contribution in [3.05, 3.63) is 30.1 Å². The molecule has 0 aliphatic carbocycles. The van der Waals surface area contributed by atoms with Crippen molar-refractivity contribution in [3.8, 4) is 0 Å². The second-order valence-electron chi connectivity index (χ2n) is 3.50. The standard InChI is InChI=1S/C12H14FNO3S/c1-8(18-7-11(15)17-2)12(16)14-10-6-4-3-5-9(10)13/h3-6,8H,7H2,1-2H3,(H,14,16). The largest absolute Gasteiger partial charge is 0.468 e. The molecule has 0 fully saturated rings. The van der Waals surface area contributed by atoms with Gasteiger partial charge in [0.05, 0.1) is 23.8 Å². The third-order valence-electron chi connectivity index (χ3n) is 2.18. The molecule has 1 N–H and O–H groups in total. The number of anilines is 1. The van der Waals surface area contributed by atoms with Gasteiger partial charge in [0.1, 0.15) is 5.82 Å². The maximum atomic E-state index is 13.3. The molecule has 18 heavy (non-hydrogen) atoms. The summed E-state index contributed by atoms with van der Waals surface area (Å²) in [5.74, 6) is -1.15. The highest BCUT2D eigenvalue weighted by Crippen LogP contribution is 2.16. The number of nitrogens with one attached hydrogen (secondary N) is 1. The Hall–Kier alpha value is -1.56. The van der Waals surface area contributed by atoms with Crippen molar-refractivity contribution >= 4 is 29.3 Å². The lowest BCUT2D eigenvalue weighted by Gasteiger charge is -2.11. The Bertz CT molecular complexity index is 439. The molecule has 4 nitrogen and oxygen atoms in total. The number of carbonyl (C=O) groups is 2. The van der Waals surface area contributed by atoms with Crippen LogP contribution >= 0.6 is 11.8 Å². The zero-order valence-electron chi connectivity index (χ0n) is 10.1. The van der Waals surface area contributed by atoms with Gasteiger partial charge in [0, 0.05) is 0 Å². The molecule has 1 unspecified atom stereocenters. The lowest BCUT2D eigenvalue weighted by molar-refractivity contribution is -0.137. The van der Waals surface area contributed by atoms with Crippen LogP contribution in [0.2, 0.25) is 0 Å². The fourth-order valence-corrected chi connectivity index (χ4v) is 1.84. The number of hydrogen-bond donors (Lipinski definition) is 1. The average molecular weight is 271 g/mol. The second-order valence-corrected chi connectivity index (χ2v) is 4.83. The Balaban J connectivity index is 2.50. The molecule has 0 heterocycles. The summed E-state index contributed by atoms with van der Waals surface area (Å²) in [5, 5.41) is 2.00. The van der Waals surface area contributed by atoms with Crippen molar-refractivity contribution in [2.45, 2.75) is 12.2 Å². The van der Waals surface area contributed by atoms with Crippen LogP contribution in [0.25, 0.3) is 0 Å². The van der Waals surface area contributed by atoms with E-state index in [4.69, 9.17) is 0 Å². The summed E-state index contributed by atoms with van der Waals surface area (Å²) in [6, 6.07) is 5.91. The highest BCUT2D eigenvalue weighted by Gasteiger charge is 2.16. The van der Waals surface area contributed by atoms with Gasteiger partial charge in [0.15, 0.2) is 0 Å². The topological polar surface area (TPSA) is 55.4 Å². The summed E-state index contributed by atoms with van der Waals surface area (Å²) in [6.07, 6.45) is 0. The Kier molecular flexibility index (Phi) is 5.64. The molecule has 0 aromatic heterocycles. The minimum absolute atomic E-state index is 0.0857. The number of thioether (sulfide) groups is 1. The number of carbonyl (C=O) groups excluding carboxylic acids is 2. The molecule has 0 bridgehead atoms. The highest BCUT2D eigenvalue weighted by molar-refractivity contribution is 8.01. The lowest BCUT2D eigenvalue weighted by atomic mass is 10.3. The Labute approximate surface area is 109 Å². The lowest BCUT2D eigenvalue weighted by Crippen LogP contribution is -2.24. The molecule has 1 aromatic rings. The van der Waals surface area contributed by atoms with E-state index in [1.54, 1.807) is 19.1 Å². The van der Waals surface area contributed by atoms with Gasteiger partial charge in [-0.2, -0.15) is 0 Å². The Morgan fingerprint density at radius 1 is 1.44 bits per heavy atom. The summed E-state index contributed by atoms with van der Waals surface area (Å²) in [7, 11) is 1.28. The number of hydrogen-bond acceptors (Lipinski definition) is 4. The van der Waals surface area contributed by atoms with Crippen LogP contribution in [0.3, 0.4) is 0 Å². The minimum Gasteiger partial charge on any atom is -0.468 e. The fourth-order valence-electron chi connectivity index (χ4n) is 1.12. The molecule has 1 aromatic carbocycles. The predicted molar refractivity (Wildman–Crippen MR) is 69.0 cm³/mol. The Morgan fingerprint density at radius 2 is 2.11 bits per heavy atom. The second kappa shape index (κ2) is 7.00. The molecular weight excluding hydrogens is 257 g/mol. The van der Waals surface area contributed by atoms with Crippen LogP contribution in [0.5, 0.6) is 0 Å². The first kappa shape index (κ1) is 14.5. The third-order valence-corrected chi connectivity index (χ3v) is 3.30. The Morgan fingerprint density at radius 3 is 2.72 bits per heavy atom. The first-order chi connectivity index (χ1) is 8.54. The first-order valence-corrected chi connectivity index (χ1v) is 6.33. The van der Waals surface area contributed by atoms with E-state index in [-0.39, 0.29) is 17.3 Å². The van der Waals surface area contributed by atoms with E-state index in [1.807, 2.05) is 0 Å². The molecule has 0 spiro atoms. The van der Waals surface area contributed by atoms with E-state index in [0.717, 1.165) is 11.8 Å². The maximum absolute atomic E-state index is 13.3. The van der Waals surface area contributed by atoms with Gasteiger partial charge in [0.25, 0.3) is 0 Å². The van der Waals surface area contributed by atoms with Crippen LogP contribution in [-0.2, 0) is 14.3 Å². The molecule has 1 atom stereocenters. The monoisotopic (exact) mass is 271 g/mol. The van der Waals surface area contributed by atoms with E-state index in [9.17, 15) is 14.0 Å². The number of rotatable bonds is 5. The number of amides is 1. The summed E-state index contributed by atoms with van der Waals surface area (Å²) in [4.78, 5) is 22.6. The average Bonchev–Trinajstić information content (AvgIpc) is 2.38. The summed E-state index contributed by atoms with van der Waals surface area (Å²) in [5.41, 5.74) is 0.132. The fraction of sp³-hybridized carbons (Fsp3) is 0.333. The minimum atomic E-state index is -0.490. The SMILES string of the molecule is COC(=O)CSC(C)C(=O)Nc1ccccc1F. The van der Waals surface area contributed by atoms with Gasteiger partial charge in [-0.3, -0.25) is 9.59 Å². The van der Waals surface area contributed by atoms with Crippen LogP contribution in [0.1, 0.15) is 6.92 Å². The maximum Gasteiger partial charge on any atom is 0.315 e. The number of methoxy groups -OCH3 is 1. The molecule has 0 radical (unpaired) electrons. The molecule has 0 aliphatic rings. The third kappa shape index (κ3) is 4.37. The van der Waals surface area contributed by atoms with Crippen LogP contribution < -0.4 is 5.32 Å². The molecule has 1 amide bonds. The number of halogens is 1. The number of para-hydroxylation sites is 1. The number of benzene rings is 1. The summed E-state index contributed by atoms with van der Waals surface area (Å²) >= 11 is 1.13. The van der Waals surface area contributed by atoms with Gasteiger partial charge in [0.2, 0.25) is 5.91 Å². The van der Waals surface area contributed by atoms with Gasteiger partial charge >= 0.3 is 5.97 Å². The van der Waals surface area contributed by atoms with Crippen molar-refractivity contribution in [2.24, 2.45) is 0 Å². The first-order valence-electron chi connectivity index (χ1n) is 5.28. The van der Waals surface area contributed by atoms with Crippen molar-refractivity contribution in [1.29, 1.82) is 0 Å². The molecule has 0 aliphatic heterocycles. The summed E-state index contributed by atoms with van der Waals surface area (Å²) in [6.45, 7) is 1.64. The molecule has 98 valence electrons. The van der Waals surface area contributed by atoms with Gasteiger partial charge in [-0.1, -0.05) is 12.1 Å². The van der Waals surface area contributed by atoms with Gasteiger partial charge < -0.3 is 10.1 Å². The zero-order valence-corrected chi connectivity index (χ0v) is 10.9. The van der Waals surface area contributed by atoms with Crippen LogP contribution in [0.15, 0.2) is 24.3 Å². The van der Waals surface area contributed by atoms with Crippen molar-refractivity contribution < 1.29 is 18.7 Å². The molecule has 1 rings (SSSR count). The molecule has 0 saturated carbocycles. The van der Waals surface area contributed by atoms with Gasteiger partial charge in [-0.15, -0.1) is 11.8 Å². The smallest absolute Gasteiger partial charge is 0.315 e. The van der Waals surface area contributed by atoms with Crippen LogP contribution in [-0.4, -0.2) is 30.0 Å². The van der Waals surface area contributed by atoms with E-state index in [1.165, 1.54) is 19.2 Å². The van der Waals surface area contributed by atoms with Gasteiger partial charge in [-0.05, 0) is 19.1 Å². The molecule has 6 heteroatoms. The van der Waals surface area contributed by atoms with Crippen LogP contribution in [0, 0.1) is 5.82 Å². The van der Waals surface area contributed by atoms with Crippen LogP contribution in [0.4, 0.5) is 10.1 Å². The molecular formula is C12H14FNO3S. The van der Waals surface area contributed by atoms with E-state index in [2.05, 4.69) is 10.1 Å². The number of ether oxygens (including phenoxy) is 1. The summed E-state index contributed by atoms with van der Waals surface area (Å²) < 4.78 is 17.8. The number of esters is 1. The zero-order chi connectivity index (χ0) is 13.5. The molecule has 0 saturated heterocycles. The van der Waals surface area contributed by atoms with E-state index < -0.39 is 17.0 Å². The van der Waals surface area contributed by atoms with Crippen molar-refractivity contribution in [1.82, 2.24) is 0 Å². The predicted octanol–water partition coefficient (Wildman–Crippen LogP) is 2.06. The normalized spacial score (nSPS) is 11.7. The van der Waals surface area contributed by atoms with Crippen molar-refractivity contribution in [3.63, 3.8) is 0 Å². The quantitative estimate of drug-likeness (QED) is 0.833. The highest BCUT2D eigenvalue weighted by atomic mass is 32.2. The van der Waals surface area contributed by atoms with E-state index >= 15 is 0 Å².